The largest absolute Gasteiger partial charge is 0.388 e. The monoisotopic (exact) mass is 303 g/mol. The Kier molecular flexibility index (Phi) is 5.58. The number of thiocarbonyl (C=S) groups is 1. The Morgan fingerprint density at radius 3 is 2.68 bits per heavy atom. The van der Waals surface area contributed by atoms with Crippen LogP contribution in [0.4, 0.5) is 5.95 Å². The van der Waals surface area contributed by atoms with Crippen molar-refractivity contribution in [1.29, 1.82) is 0 Å². The van der Waals surface area contributed by atoms with Crippen LogP contribution in [0.5, 0.6) is 0 Å². The van der Waals surface area contributed by atoms with E-state index in [1.54, 1.807) is 6.07 Å². The van der Waals surface area contributed by atoms with Gasteiger partial charge in [-0.2, -0.15) is 0 Å². The van der Waals surface area contributed by atoms with Gasteiger partial charge in [-0.05, 0) is 19.4 Å². The number of nitrogens with zero attached hydrogens (tertiary/aromatic N) is 2. The summed E-state index contributed by atoms with van der Waals surface area (Å²) >= 11 is 4.86. The van der Waals surface area contributed by atoms with Gasteiger partial charge in [0.15, 0.2) is 0 Å². The van der Waals surface area contributed by atoms with Crippen LogP contribution in [0.1, 0.15) is 17.8 Å². The molecule has 0 fully saturated rings. The molecule has 1 heterocycles. The lowest BCUT2D eigenvalue weighted by molar-refractivity contribution is 0.586. The number of rotatable bonds is 7. The quantitative estimate of drug-likeness (QED) is 0.471. The summed E-state index contributed by atoms with van der Waals surface area (Å²) in [5, 5.41) is 2.99. The van der Waals surface area contributed by atoms with Crippen LogP contribution in [0.2, 0.25) is 0 Å². The van der Waals surface area contributed by atoms with Crippen molar-refractivity contribution >= 4 is 33.2 Å². The molecule has 0 bridgehead atoms. The number of aryl methyl sites for hydroxylation is 1. The molecule has 0 amide bonds. The van der Waals surface area contributed by atoms with Gasteiger partial charge in [0.2, 0.25) is 16.0 Å². The minimum atomic E-state index is -3.14. The fourth-order valence-corrected chi connectivity index (χ4v) is 1.94. The molecule has 4 N–H and O–H groups in total. The number of hydrogen-bond donors (Lipinski definition) is 3. The van der Waals surface area contributed by atoms with Crippen LogP contribution in [0.15, 0.2) is 6.07 Å². The van der Waals surface area contributed by atoms with Crippen molar-refractivity contribution in [3.63, 3.8) is 0 Å². The first-order valence-corrected chi connectivity index (χ1v) is 7.92. The molecule has 0 aliphatic carbocycles. The van der Waals surface area contributed by atoms with Crippen LogP contribution in [0.25, 0.3) is 0 Å². The third kappa shape index (κ3) is 6.41. The van der Waals surface area contributed by atoms with E-state index in [0.717, 1.165) is 11.9 Å². The standard InChI is InChI=1S/C10H17N5O2S2/c1-7-6-8(9(11)18)15-10(14-7)12-4-3-5-13-19(2,16)17/h6,13H,3-5H2,1-2H3,(H2,11,18)(H,12,14,15). The van der Waals surface area contributed by atoms with Gasteiger partial charge in [-0.1, -0.05) is 12.2 Å². The van der Waals surface area contributed by atoms with Crippen molar-refractivity contribution in [2.75, 3.05) is 24.7 Å². The second-order valence-electron chi connectivity index (χ2n) is 4.03. The molecule has 1 aromatic rings. The number of hydrogen-bond acceptors (Lipinski definition) is 6. The molecule has 0 unspecified atom stereocenters. The maximum absolute atomic E-state index is 10.8. The van der Waals surface area contributed by atoms with Gasteiger partial charge < -0.3 is 11.1 Å². The maximum atomic E-state index is 10.8. The smallest absolute Gasteiger partial charge is 0.223 e. The molecule has 0 spiro atoms. The summed E-state index contributed by atoms with van der Waals surface area (Å²) in [6.45, 7) is 2.72. The number of sulfonamides is 1. The second-order valence-corrected chi connectivity index (χ2v) is 6.30. The number of nitrogens with two attached hydrogens (primary N) is 1. The third-order valence-corrected chi connectivity index (χ3v) is 3.05. The molecule has 1 aromatic heterocycles. The van der Waals surface area contributed by atoms with E-state index in [4.69, 9.17) is 18.0 Å². The molecule has 106 valence electrons. The highest BCUT2D eigenvalue weighted by Crippen LogP contribution is 2.04. The lowest BCUT2D eigenvalue weighted by Gasteiger charge is -2.07. The summed E-state index contributed by atoms with van der Waals surface area (Å²) in [4.78, 5) is 8.55. The molecular formula is C10H17N5O2S2. The molecule has 0 saturated carbocycles. The lowest BCUT2D eigenvalue weighted by Crippen LogP contribution is -2.24. The Labute approximate surface area is 118 Å². The Balaban J connectivity index is 2.47. The van der Waals surface area contributed by atoms with Crippen molar-refractivity contribution in [3.8, 4) is 0 Å². The third-order valence-electron chi connectivity index (χ3n) is 2.11. The predicted molar refractivity (Wildman–Crippen MR) is 78.6 cm³/mol. The summed E-state index contributed by atoms with van der Waals surface area (Å²) < 4.78 is 24.1. The Bertz CT molecular complexity index is 559. The first kappa shape index (κ1) is 15.7. The van der Waals surface area contributed by atoms with Crippen LogP contribution < -0.4 is 15.8 Å². The van der Waals surface area contributed by atoms with Crippen molar-refractivity contribution in [3.05, 3.63) is 17.5 Å². The van der Waals surface area contributed by atoms with Crippen LogP contribution in [-0.4, -0.2) is 42.7 Å². The van der Waals surface area contributed by atoms with Crippen molar-refractivity contribution < 1.29 is 8.42 Å². The van der Waals surface area contributed by atoms with Crippen molar-refractivity contribution in [2.24, 2.45) is 5.73 Å². The first-order chi connectivity index (χ1) is 8.78. The minimum Gasteiger partial charge on any atom is -0.388 e. The fourth-order valence-electron chi connectivity index (χ4n) is 1.32. The SMILES string of the molecule is Cc1cc(C(N)=S)nc(NCCCNS(C)(=O)=O)n1. The van der Waals surface area contributed by atoms with E-state index in [0.29, 0.717) is 31.2 Å². The van der Waals surface area contributed by atoms with E-state index in [1.807, 2.05) is 6.92 Å². The van der Waals surface area contributed by atoms with Gasteiger partial charge in [-0.15, -0.1) is 0 Å². The van der Waals surface area contributed by atoms with E-state index >= 15 is 0 Å². The fraction of sp³-hybridized carbons (Fsp3) is 0.500. The molecule has 0 aromatic carbocycles. The molecule has 0 radical (unpaired) electrons. The topological polar surface area (TPSA) is 110 Å². The maximum Gasteiger partial charge on any atom is 0.223 e. The van der Waals surface area contributed by atoms with Gasteiger partial charge in [0.05, 0.1) is 6.26 Å². The normalized spacial score (nSPS) is 11.3. The Morgan fingerprint density at radius 1 is 1.42 bits per heavy atom. The molecule has 7 nitrogen and oxygen atoms in total. The van der Waals surface area contributed by atoms with Crippen LogP contribution in [0, 0.1) is 6.92 Å². The molecule has 0 aliphatic heterocycles. The van der Waals surface area contributed by atoms with E-state index in [1.165, 1.54) is 0 Å². The highest BCUT2D eigenvalue weighted by atomic mass is 32.2. The molecular weight excluding hydrogens is 286 g/mol. The number of anilines is 1. The first-order valence-electron chi connectivity index (χ1n) is 5.62. The predicted octanol–water partition coefficient (Wildman–Crippen LogP) is -0.230. The molecule has 0 atom stereocenters. The summed E-state index contributed by atoms with van der Waals surface area (Å²) in [5.74, 6) is 0.433. The summed E-state index contributed by atoms with van der Waals surface area (Å²) in [6, 6.07) is 1.71. The highest BCUT2D eigenvalue weighted by molar-refractivity contribution is 7.88. The van der Waals surface area contributed by atoms with Gasteiger partial charge >= 0.3 is 0 Å². The molecule has 0 saturated heterocycles. The zero-order chi connectivity index (χ0) is 14.5. The summed E-state index contributed by atoms with van der Waals surface area (Å²) in [5.41, 5.74) is 6.78. The molecule has 1 rings (SSSR count). The van der Waals surface area contributed by atoms with Gasteiger partial charge in [0.1, 0.15) is 10.7 Å². The Morgan fingerprint density at radius 2 is 2.11 bits per heavy atom. The summed E-state index contributed by atoms with van der Waals surface area (Å²) in [6.07, 6.45) is 1.74. The molecule has 0 aliphatic rings. The van der Waals surface area contributed by atoms with Crippen molar-refractivity contribution in [1.82, 2.24) is 14.7 Å². The van der Waals surface area contributed by atoms with Crippen LogP contribution in [-0.2, 0) is 10.0 Å². The molecule has 9 heteroatoms. The van der Waals surface area contributed by atoms with Gasteiger partial charge in [0.25, 0.3) is 0 Å². The van der Waals surface area contributed by atoms with Crippen molar-refractivity contribution in [2.45, 2.75) is 13.3 Å². The van der Waals surface area contributed by atoms with Gasteiger partial charge in [0, 0.05) is 18.8 Å². The lowest BCUT2D eigenvalue weighted by atomic mass is 10.3. The minimum absolute atomic E-state index is 0.215. The highest BCUT2D eigenvalue weighted by Gasteiger charge is 2.04. The van der Waals surface area contributed by atoms with E-state index in [2.05, 4.69) is 20.0 Å². The van der Waals surface area contributed by atoms with Gasteiger partial charge in [-0.3, -0.25) is 0 Å². The number of nitrogens with one attached hydrogen (secondary N) is 2. The van der Waals surface area contributed by atoms with E-state index in [9.17, 15) is 8.42 Å². The van der Waals surface area contributed by atoms with Crippen LogP contribution in [0.3, 0.4) is 0 Å². The van der Waals surface area contributed by atoms with Crippen LogP contribution >= 0.6 is 12.2 Å². The average molecular weight is 303 g/mol. The average Bonchev–Trinajstić information content (AvgIpc) is 2.26. The zero-order valence-corrected chi connectivity index (χ0v) is 12.4. The van der Waals surface area contributed by atoms with Gasteiger partial charge in [-0.25, -0.2) is 23.1 Å². The van der Waals surface area contributed by atoms with E-state index < -0.39 is 10.0 Å². The Hall–Kier alpha value is -1.32. The van der Waals surface area contributed by atoms with E-state index in [-0.39, 0.29) is 4.99 Å². The number of aromatic nitrogens is 2. The zero-order valence-electron chi connectivity index (χ0n) is 10.8. The second kappa shape index (κ2) is 6.73. The molecule has 19 heavy (non-hydrogen) atoms. The summed E-state index contributed by atoms with van der Waals surface area (Å²) in [7, 11) is -3.14.